The number of nitrogens with zero attached hydrogens (tertiary/aromatic N) is 2. The van der Waals surface area contributed by atoms with E-state index in [1.165, 1.54) is 18.4 Å². The molecule has 0 aliphatic carbocycles. The molecule has 1 N–H and O–H groups in total. The van der Waals surface area contributed by atoms with Crippen LogP contribution in [0.1, 0.15) is 32.3 Å². The Morgan fingerprint density at radius 3 is 2.70 bits per heavy atom. The van der Waals surface area contributed by atoms with Gasteiger partial charge in [0, 0.05) is 26.7 Å². The number of aliphatic imine (C=N–C) groups is 1. The summed E-state index contributed by atoms with van der Waals surface area (Å²) in [5.41, 5.74) is 1.31. The van der Waals surface area contributed by atoms with Crippen LogP contribution in [0, 0.1) is 11.8 Å². The van der Waals surface area contributed by atoms with Gasteiger partial charge in [-0.2, -0.15) is 0 Å². The van der Waals surface area contributed by atoms with Crippen LogP contribution in [-0.4, -0.2) is 44.7 Å². The molecule has 2 rings (SSSR count). The molecule has 0 aromatic heterocycles. The Labute approximate surface area is 140 Å². The van der Waals surface area contributed by atoms with Gasteiger partial charge < -0.3 is 15.0 Å². The molecule has 1 heterocycles. The first-order chi connectivity index (χ1) is 11.1. The second-order valence-electron chi connectivity index (χ2n) is 6.80. The predicted octanol–water partition coefficient (Wildman–Crippen LogP) is 3.18. The maximum Gasteiger partial charge on any atom is 0.193 e. The van der Waals surface area contributed by atoms with E-state index in [1.54, 1.807) is 7.11 Å². The van der Waals surface area contributed by atoms with Crippen LogP contribution < -0.4 is 10.1 Å². The van der Waals surface area contributed by atoms with Gasteiger partial charge >= 0.3 is 0 Å². The van der Waals surface area contributed by atoms with E-state index in [2.05, 4.69) is 41.2 Å². The average molecular weight is 317 g/mol. The van der Waals surface area contributed by atoms with Crippen LogP contribution in [0.5, 0.6) is 5.75 Å². The van der Waals surface area contributed by atoms with Crippen molar-refractivity contribution in [1.82, 2.24) is 10.2 Å². The molecular weight excluding hydrogens is 286 g/mol. The second-order valence-corrected chi connectivity index (χ2v) is 6.80. The zero-order chi connectivity index (χ0) is 16.7. The van der Waals surface area contributed by atoms with Crippen molar-refractivity contribution in [3.05, 3.63) is 29.8 Å². The summed E-state index contributed by atoms with van der Waals surface area (Å²) >= 11 is 0. The van der Waals surface area contributed by atoms with Crippen molar-refractivity contribution in [2.75, 3.05) is 33.8 Å². The Balaban J connectivity index is 1.77. The van der Waals surface area contributed by atoms with Crippen molar-refractivity contribution in [2.45, 2.75) is 33.1 Å². The summed E-state index contributed by atoms with van der Waals surface area (Å²) in [4.78, 5) is 6.86. The monoisotopic (exact) mass is 317 g/mol. The SMILES string of the molecule is CN=C(NCCc1ccc(OC)cc1)N1CCC(CC(C)C)C1. The molecule has 1 saturated heterocycles. The van der Waals surface area contributed by atoms with E-state index in [-0.39, 0.29) is 0 Å². The maximum atomic E-state index is 5.19. The van der Waals surface area contributed by atoms with E-state index >= 15 is 0 Å². The van der Waals surface area contributed by atoms with Gasteiger partial charge in [0.2, 0.25) is 0 Å². The molecule has 1 aliphatic heterocycles. The Morgan fingerprint density at radius 2 is 2.09 bits per heavy atom. The van der Waals surface area contributed by atoms with E-state index in [9.17, 15) is 0 Å². The summed E-state index contributed by atoms with van der Waals surface area (Å²) in [6, 6.07) is 8.28. The number of likely N-dealkylation sites (tertiary alicyclic amines) is 1. The molecule has 0 saturated carbocycles. The quantitative estimate of drug-likeness (QED) is 0.647. The molecule has 4 heteroatoms. The van der Waals surface area contributed by atoms with Gasteiger partial charge in [-0.1, -0.05) is 26.0 Å². The lowest BCUT2D eigenvalue weighted by molar-refractivity contribution is 0.403. The minimum atomic E-state index is 0.782. The highest BCUT2D eigenvalue weighted by Gasteiger charge is 2.25. The predicted molar refractivity (Wildman–Crippen MR) is 97.2 cm³/mol. The maximum absolute atomic E-state index is 5.19. The Bertz CT molecular complexity index is 496. The van der Waals surface area contributed by atoms with Gasteiger partial charge in [-0.15, -0.1) is 0 Å². The standard InChI is InChI=1S/C19H31N3O/c1-15(2)13-17-10-12-22(14-17)19(20-3)21-11-9-16-5-7-18(23-4)8-6-16/h5-8,15,17H,9-14H2,1-4H3,(H,20,21). The number of benzene rings is 1. The first kappa shape index (κ1) is 17.6. The highest BCUT2D eigenvalue weighted by Crippen LogP contribution is 2.23. The lowest BCUT2D eigenvalue weighted by atomic mass is 9.97. The van der Waals surface area contributed by atoms with Crippen molar-refractivity contribution < 1.29 is 4.74 Å². The van der Waals surface area contributed by atoms with Crippen LogP contribution in [-0.2, 0) is 6.42 Å². The first-order valence-electron chi connectivity index (χ1n) is 8.71. The number of methoxy groups -OCH3 is 1. The van der Waals surface area contributed by atoms with E-state index in [0.29, 0.717) is 0 Å². The fraction of sp³-hybridized carbons (Fsp3) is 0.632. The number of rotatable bonds is 6. The topological polar surface area (TPSA) is 36.9 Å². The second kappa shape index (κ2) is 8.80. The third-order valence-corrected chi connectivity index (χ3v) is 4.46. The van der Waals surface area contributed by atoms with E-state index in [0.717, 1.165) is 49.6 Å². The summed E-state index contributed by atoms with van der Waals surface area (Å²) in [6.07, 6.45) is 3.60. The van der Waals surface area contributed by atoms with E-state index in [4.69, 9.17) is 4.74 Å². The van der Waals surface area contributed by atoms with Crippen LogP contribution >= 0.6 is 0 Å². The normalized spacial score (nSPS) is 18.6. The molecule has 1 aromatic carbocycles. The number of nitrogens with one attached hydrogen (secondary N) is 1. The molecule has 1 unspecified atom stereocenters. The first-order valence-corrected chi connectivity index (χ1v) is 8.71. The van der Waals surface area contributed by atoms with Gasteiger partial charge in [-0.3, -0.25) is 4.99 Å². The van der Waals surface area contributed by atoms with Crippen LogP contribution in [0.2, 0.25) is 0 Å². The molecule has 23 heavy (non-hydrogen) atoms. The summed E-state index contributed by atoms with van der Waals surface area (Å²) in [5, 5.41) is 3.51. The van der Waals surface area contributed by atoms with Crippen LogP contribution in [0.25, 0.3) is 0 Å². The zero-order valence-electron chi connectivity index (χ0n) is 15.0. The van der Waals surface area contributed by atoms with Gasteiger partial charge in [0.25, 0.3) is 0 Å². The summed E-state index contributed by atoms with van der Waals surface area (Å²) in [6.45, 7) is 7.79. The molecule has 1 fully saturated rings. The number of ether oxygens (including phenoxy) is 1. The summed E-state index contributed by atoms with van der Waals surface area (Å²) in [7, 11) is 3.58. The van der Waals surface area contributed by atoms with Crippen molar-refractivity contribution in [3.8, 4) is 5.75 Å². The van der Waals surface area contributed by atoms with E-state index in [1.807, 2.05) is 19.2 Å². The van der Waals surface area contributed by atoms with Gasteiger partial charge in [0.15, 0.2) is 5.96 Å². The fourth-order valence-electron chi connectivity index (χ4n) is 3.33. The zero-order valence-corrected chi connectivity index (χ0v) is 15.0. The largest absolute Gasteiger partial charge is 0.497 e. The van der Waals surface area contributed by atoms with E-state index < -0.39 is 0 Å². The highest BCUT2D eigenvalue weighted by molar-refractivity contribution is 5.80. The van der Waals surface area contributed by atoms with Crippen molar-refractivity contribution >= 4 is 5.96 Å². The number of hydrogen-bond donors (Lipinski definition) is 1. The Hall–Kier alpha value is -1.71. The van der Waals surface area contributed by atoms with Gasteiger partial charge in [-0.05, 0) is 48.8 Å². The molecular formula is C19H31N3O. The van der Waals surface area contributed by atoms with Crippen molar-refractivity contribution in [2.24, 2.45) is 16.8 Å². The lowest BCUT2D eigenvalue weighted by Gasteiger charge is -2.22. The fourth-order valence-corrected chi connectivity index (χ4v) is 3.33. The molecule has 1 aromatic rings. The summed E-state index contributed by atoms with van der Waals surface area (Å²) in [5.74, 6) is 3.55. The minimum Gasteiger partial charge on any atom is -0.497 e. The van der Waals surface area contributed by atoms with Crippen molar-refractivity contribution in [3.63, 3.8) is 0 Å². The highest BCUT2D eigenvalue weighted by atomic mass is 16.5. The number of guanidine groups is 1. The molecule has 0 bridgehead atoms. The minimum absolute atomic E-state index is 0.782. The Kier molecular flexibility index (Phi) is 6.75. The molecule has 0 amide bonds. The summed E-state index contributed by atoms with van der Waals surface area (Å²) < 4.78 is 5.19. The Morgan fingerprint density at radius 1 is 1.35 bits per heavy atom. The smallest absolute Gasteiger partial charge is 0.193 e. The molecule has 128 valence electrons. The molecule has 0 spiro atoms. The number of hydrogen-bond acceptors (Lipinski definition) is 2. The van der Waals surface area contributed by atoms with Crippen LogP contribution in [0.4, 0.5) is 0 Å². The molecule has 0 radical (unpaired) electrons. The van der Waals surface area contributed by atoms with Crippen molar-refractivity contribution in [1.29, 1.82) is 0 Å². The van der Waals surface area contributed by atoms with Crippen LogP contribution in [0.15, 0.2) is 29.3 Å². The van der Waals surface area contributed by atoms with Gasteiger partial charge in [-0.25, -0.2) is 0 Å². The average Bonchev–Trinajstić information content (AvgIpc) is 2.99. The third-order valence-electron chi connectivity index (χ3n) is 4.46. The van der Waals surface area contributed by atoms with Gasteiger partial charge in [0.1, 0.15) is 5.75 Å². The molecule has 1 aliphatic rings. The molecule has 1 atom stereocenters. The lowest BCUT2D eigenvalue weighted by Crippen LogP contribution is -2.40. The molecule has 4 nitrogen and oxygen atoms in total. The van der Waals surface area contributed by atoms with Crippen LogP contribution in [0.3, 0.4) is 0 Å². The third kappa shape index (κ3) is 5.45. The van der Waals surface area contributed by atoms with Gasteiger partial charge in [0.05, 0.1) is 7.11 Å².